The van der Waals surface area contributed by atoms with Gasteiger partial charge in [-0.1, -0.05) is 19.3 Å². The Morgan fingerprint density at radius 1 is 1.43 bits per heavy atom. The molecule has 1 aromatic heterocycles. The maximum absolute atomic E-state index is 4.35. The van der Waals surface area contributed by atoms with E-state index in [4.69, 9.17) is 0 Å². The molecule has 0 aliphatic heterocycles. The monoisotopic (exact) mass is 322 g/mol. The molecule has 0 atom stereocenters. The Morgan fingerprint density at radius 3 is 2.86 bits per heavy atom. The molecule has 0 spiro atoms. The van der Waals surface area contributed by atoms with E-state index >= 15 is 0 Å². The van der Waals surface area contributed by atoms with Gasteiger partial charge in [0.2, 0.25) is 0 Å². The first kappa shape index (κ1) is 10.8. The third-order valence-corrected chi connectivity index (χ3v) is 4.40. The molecule has 1 N–H and O–H groups in total. The topological polar surface area (TPSA) is 24.9 Å². The highest BCUT2D eigenvalue weighted by molar-refractivity contribution is 14.1. The van der Waals surface area contributed by atoms with Gasteiger partial charge in [-0.05, 0) is 35.4 Å². The van der Waals surface area contributed by atoms with E-state index in [9.17, 15) is 0 Å². The number of hydrogen-bond donors (Lipinski definition) is 1. The number of hydrogen-bond acceptors (Lipinski definition) is 3. The fourth-order valence-electron chi connectivity index (χ4n) is 1.91. The van der Waals surface area contributed by atoms with Gasteiger partial charge in [0, 0.05) is 12.6 Å². The van der Waals surface area contributed by atoms with Gasteiger partial charge < -0.3 is 5.32 Å². The quantitative estimate of drug-likeness (QED) is 0.865. The van der Waals surface area contributed by atoms with Gasteiger partial charge in [0.15, 0.2) is 0 Å². The molecule has 0 saturated heterocycles. The van der Waals surface area contributed by atoms with Crippen molar-refractivity contribution in [2.75, 3.05) is 0 Å². The second kappa shape index (κ2) is 5.42. The smallest absolute Gasteiger partial charge is 0.107 e. The van der Waals surface area contributed by atoms with Crippen molar-refractivity contribution in [3.05, 3.63) is 14.1 Å². The molecule has 14 heavy (non-hydrogen) atoms. The minimum Gasteiger partial charge on any atom is -0.308 e. The molecule has 0 bridgehead atoms. The second-order valence-electron chi connectivity index (χ2n) is 3.77. The summed E-state index contributed by atoms with van der Waals surface area (Å²) >= 11 is 4.11. The molecule has 2 nitrogen and oxygen atoms in total. The zero-order valence-electron chi connectivity index (χ0n) is 8.13. The number of rotatable bonds is 3. The van der Waals surface area contributed by atoms with E-state index in [1.165, 1.54) is 40.0 Å². The molecular weight excluding hydrogens is 307 g/mol. The lowest BCUT2D eigenvalue weighted by molar-refractivity contribution is 0.372. The molecule has 0 amide bonds. The third kappa shape index (κ3) is 3.17. The number of nitrogens with zero attached hydrogens (tertiary/aromatic N) is 1. The van der Waals surface area contributed by atoms with E-state index in [1.807, 2.05) is 6.20 Å². The van der Waals surface area contributed by atoms with Crippen molar-refractivity contribution in [1.29, 1.82) is 0 Å². The highest BCUT2D eigenvalue weighted by Crippen LogP contribution is 2.19. The van der Waals surface area contributed by atoms with Crippen molar-refractivity contribution in [2.45, 2.75) is 44.7 Å². The maximum Gasteiger partial charge on any atom is 0.107 e. The van der Waals surface area contributed by atoms with Gasteiger partial charge in [0.25, 0.3) is 0 Å². The molecule has 1 aliphatic carbocycles. The van der Waals surface area contributed by atoms with Crippen LogP contribution in [0.2, 0.25) is 0 Å². The molecule has 1 heterocycles. The molecule has 1 saturated carbocycles. The van der Waals surface area contributed by atoms with Crippen LogP contribution in [0.15, 0.2) is 6.20 Å². The van der Waals surface area contributed by atoms with Gasteiger partial charge in [0.05, 0.1) is 9.08 Å². The summed E-state index contributed by atoms with van der Waals surface area (Å²) in [6.07, 6.45) is 8.86. The van der Waals surface area contributed by atoms with Gasteiger partial charge in [-0.25, -0.2) is 4.98 Å². The van der Waals surface area contributed by atoms with Gasteiger partial charge in [-0.3, -0.25) is 0 Å². The fraction of sp³-hybridized carbons (Fsp3) is 0.700. The number of aromatic nitrogens is 1. The summed E-state index contributed by atoms with van der Waals surface area (Å²) in [4.78, 5) is 4.35. The Hall–Kier alpha value is 0.320. The number of nitrogens with one attached hydrogen (secondary N) is 1. The number of halogens is 1. The molecule has 0 aromatic carbocycles. The predicted octanol–water partition coefficient (Wildman–Crippen LogP) is 3.17. The van der Waals surface area contributed by atoms with E-state index < -0.39 is 0 Å². The van der Waals surface area contributed by atoms with Crippen LogP contribution in [0, 0.1) is 2.88 Å². The standard InChI is InChI=1S/C10H15IN2S/c11-9-6-13-10(14-9)7-12-8-4-2-1-3-5-8/h6,8,12H,1-5,7H2. The van der Waals surface area contributed by atoms with Crippen molar-refractivity contribution in [1.82, 2.24) is 10.3 Å². The molecule has 1 aromatic rings. The predicted molar refractivity (Wildman–Crippen MR) is 68.5 cm³/mol. The Labute approximate surface area is 103 Å². The van der Waals surface area contributed by atoms with Crippen LogP contribution in [0.4, 0.5) is 0 Å². The summed E-state index contributed by atoms with van der Waals surface area (Å²) in [5.41, 5.74) is 0. The van der Waals surface area contributed by atoms with E-state index in [1.54, 1.807) is 11.3 Å². The summed E-state index contributed by atoms with van der Waals surface area (Å²) in [5, 5.41) is 4.82. The average molecular weight is 322 g/mol. The lowest BCUT2D eigenvalue weighted by Crippen LogP contribution is -2.30. The van der Waals surface area contributed by atoms with Crippen LogP contribution in [0.1, 0.15) is 37.1 Å². The number of thiazole rings is 1. The first-order chi connectivity index (χ1) is 6.84. The minimum atomic E-state index is 0.741. The van der Waals surface area contributed by atoms with Crippen molar-refractivity contribution in [2.24, 2.45) is 0 Å². The summed E-state index contributed by atoms with van der Waals surface area (Å²) in [7, 11) is 0. The first-order valence-electron chi connectivity index (χ1n) is 5.18. The summed E-state index contributed by atoms with van der Waals surface area (Å²) in [5.74, 6) is 0. The second-order valence-corrected chi connectivity index (χ2v) is 6.78. The van der Waals surface area contributed by atoms with Crippen molar-refractivity contribution >= 4 is 33.9 Å². The lowest BCUT2D eigenvalue weighted by Gasteiger charge is -2.22. The largest absolute Gasteiger partial charge is 0.308 e. The van der Waals surface area contributed by atoms with Crippen LogP contribution in [-0.2, 0) is 6.54 Å². The first-order valence-corrected chi connectivity index (χ1v) is 7.08. The summed E-state index contributed by atoms with van der Waals surface area (Å²) in [6, 6.07) is 0.741. The lowest BCUT2D eigenvalue weighted by atomic mass is 9.96. The van der Waals surface area contributed by atoms with E-state index in [0.717, 1.165) is 12.6 Å². The van der Waals surface area contributed by atoms with Crippen molar-refractivity contribution in [3.63, 3.8) is 0 Å². The molecule has 4 heteroatoms. The van der Waals surface area contributed by atoms with Crippen molar-refractivity contribution < 1.29 is 0 Å². The van der Waals surface area contributed by atoms with Gasteiger partial charge in [0.1, 0.15) is 5.01 Å². The van der Waals surface area contributed by atoms with Crippen LogP contribution in [-0.4, -0.2) is 11.0 Å². The SMILES string of the molecule is Ic1cnc(CNC2CCCCC2)s1. The minimum absolute atomic E-state index is 0.741. The van der Waals surface area contributed by atoms with Crippen LogP contribution in [0.5, 0.6) is 0 Å². The Morgan fingerprint density at radius 2 is 2.21 bits per heavy atom. The zero-order chi connectivity index (χ0) is 9.80. The van der Waals surface area contributed by atoms with Gasteiger partial charge in [-0.2, -0.15) is 0 Å². The van der Waals surface area contributed by atoms with Crippen LogP contribution >= 0.6 is 33.9 Å². The molecule has 1 aliphatic rings. The van der Waals surface area contributed by atoms with E-state index in [-0.39, 0.29) is 0 Å². The molecular formula is C10H15IN2S. The van der Waals surface area contributed by atoms with Crippen molar-refractivity contribution in [3.8, 4) is 0 Å². The molecule has 0 unspecified atom stereocenters. The Balaban J connectivity index is 1.76. The highest BCUT2D eigenvalue weighted by atomic mass is 127. The fourth-order valence-corrected chi connectivity index (χ4v) is 3.40. The van der Waals surface area contributed by atoms with E-state index in [2.05, 4.69) is 32.9 Å². The normalized spacial score (nSPS) is 18.6. The van der Waals surface area contributed by atoms with Crippen LogP contribution < -0.4 is 5.32 Å². The van der Waals surface area contributed by atoms with Crippen LogP contribution in [0.25, 0.3) is 0 Å². The summed E-state index contributed by atoms with van der Waals surface area (Å²) in [6.45, 7) is 0.957. The maximum atomic E-state index is 4.35. The van der Waals surface area contributed by atoms with E-state index in [0.29, 0.717) is 0 Å². The molecule has 2 rings (SSSR count). The zero-order valence-corrected chi connectivity index (χ0v) is 11.1. The van der Waals surface area contributed by atoms with Gasteiger partial charge >= 0.3 is 0 Å². The third-order valence-electron chi connectivity index (χ3n) is 2.67. The Bertz CT molecular complexity index is 281. The molecule has 78 valence electrons. The highest BCUT2D eigenvalue weighted by Gasteiger charge is 2.12. The van der Waals surface area contributed by atoms with Crippen LogP contribution in [0.3, 0.4) is 0 Å². The summed E-state index contributed by atoms with van der Waals surface area (Å²) < 4.78 is 1.28. The Kier molecular flexibility index (Phi) is 4.19. The van der Waals surface area contributed by atoms with Gasteiger partial charge in [-0.15, -0.1) is 11.3 Å². The molecule has 1 fully saturated rings. The molecule has 0 radical (unpaired) electrons. The average Bonchev–Trinajstić information content (AvgIpc) is 2.63.